The average Bonchev–Trinajstić information content (AvgIpc) is 3.31. The van der Waals surface area contributed by atoms with Gasteiger partial charge in [-0.2, -0.15) is 0 Å². The van der Waals surface area contributed by atoms with E-state index in [1.165, 1.54) is 21.9 Å². The molecule has 2 heterocycles. The molecule has 0 fully saturated rings. The van der Waals surface area contributed by atoms with Crippen molar-refractivity contribution in [1.29, 1.82) is 0 Å². The van der Waals surface area contributed by atoms with Crippen LogP contribution in [-0.2, 0) is 11.2 Å². The molecule has 0 aliphatic carbocycles. The van der Waals surface area contributed by atoms with E-state index < -0.39 is 0 Å². The lowest BCUT2D eigenvalue weighted by molar-refractivity contribution is -0.135. The summed E-state index contributed by atoms with van der Waals surface area (Å²) in [6.45, 7) is 4.43. The van der Waals surface area contributed by atoms with Gasteiger partial charge < -0.3 is 19.9 Å². The van der Waals surface area contributed by atoms with Gasteiger partial charge in [0, 0.05) is 28.2 Å². The van der Waals surface area contributed by atoms with Crippen LogP contribution in [0.25, 0.3) is 0 Å². The highest BCUT2D eigenvalue weighted by Gasteiger charge is 2.34. The Morgan fingerprint density at radius 1 is 1.23 bits per heavy atom. The fourth-order valence-corrected chi connectivity index (χ4v) is 5.19. The summed E-state index contributed by atoms with van der Waals surface area (Å²) in [5, 5.41) is 5.35. The predicted octanol–water partition coefficient (Wildman–Crippen LogP) is 5.99. The zero-order valence-electron chi connectivity index (χ0n) is 19.5. The Hall–Kier alpha value is -3.10. The number of hydrogen-bond acceptors (Lipinski definition) is 4. The Morgan fingerprint density at radius 3 is 2.71 bits per heavy atom. The number of hydrogen-bond donors (Lipinski definition) is 1. The fourth-order valence-electron chi connectivity index (χ4n) is 4.07. The number of nitrogens with zero attached hydrogens (tertiary/aromatic N) is 2. The number of rotatable bonds is 7. The zero-order valence-corrected chi connectivity index (χ0v) is 21.1. The van der Waals surface area contributed by atoms with Crippen molar-refractivity contribution in [3.05, 3.63) is 81.3 Å². The number of urea groups is 1. The van der Waals surface area contributed by atoms with E-state index in [0.29, 0.717) is 23.0 Å². The van der Waals surface area contributed by atoms with Crippen LogP contribution in [0.3, 0.4) is 0 Å². The van der Waals surface area contributed by atoms with Gasteiger partial charge in [0.05, 0.1) is 6.04 Å². The molecule has 0 spiro atoms. The van der Waals surface area contributed by atoms with Crippen molar-refractivity contribution in [2.45, 2.75) is 32.4 Å². The summed E-state index contributed by atoms with van der Waals surface area (Å²) in [6.07, 6.45) is 0.752. The molecule has 0 bridgehead atoms. The molecule has 0 saturated heterocycles. The maximum Gasteiger partial charge on any atom is 0.322 e. The molecule has 9 heteroatoms. The average molecular weight is 516 g/mol. The molecule has 1 unspecified atom stereocenters. The molecule has 0 radical (unpaired) electrons. The number of carbonyl (C=O) groups excluding carboxylic acids is 2. The SMILES string of the molecule is CC(C)N(CC(=O)N1CCc2sccc2C1COc1ccc(F)cc1)C(=O)Nc1cccc(Cl)c1. The maximum atomic E-state index is 13.5. The number of nitrogens with one attached hydrogen (secondary N) is 1. The third-order valence-corrected chi connectivity index (χ3v) is 7.13. The fraction of sp³-hybridized carbons (Fsp3) is 0.308. The first kappa shape index (κ1) is 25.0. The van der Waals surface area contributed by atoms with Gasteiger partial charge in [-0.25, -0.2) is 9.18 Å². The van der Waals surface area contributed by atoms with Crippen LogP contribution in [0, 0.1) is 5.82 Å². The summed E-state index contributed by atoms with van der Waals surface area (Å²) in [5.41, 5.74) is 1.61. The number of amides is 3. The van der Waals surface area contributed by atoms with Gasteiger partial charge in [-0.1, -0.05) is 17.7 Å². The number of ether oxygens (including phenoxy) is 1. The molecule has 35 heavy (non-hydrogen) atoms. The van der Waals surface area contributed by atoms with E-state index in [-0.39, 0.29) is 43.0 Å². The number of halogens is 2. The van der Waals surface area contributed by atoms with Gasteiger partial charge in [-0.15, -0.1) is 11.3 Å². The number of thiophene rings is 1. The van der Waals surface area contributed by atoms with E-state index in [2.05, 4.69) is 5.32 Å². The molecule has 1 N–H and O–H groups in total. The number of benzene rings is 2. The van der Waals surface area contributed by atoms with Crippen molar-refractivity contribution in [2.75, 3.05) is 25.0 Å². The second kappa shape index (κ2) is 11.1. The number of carbonyl (C=O) groups is 2. The molecule has 1 aromatic heterocycles. The first-order valence-corrected chi connectivity index (χ1v) is 12.6. The van der Waals surface area contributed by atoms with Crippen molar-refractivity contribution in [1.82, 2.24) is 9.80 Å². The summed E-state index contributed by atoms with van der Waals surface area (Å²) in [7, 11) is 0. The van der Waals surface area contributed by atoms with Crippen LogP contribution >= 0.6 is 22.9 Å². The van der Waals surface area contributed by atoms with Gasteiger partial charge in [0.25, 0.3) is 0 Å². The first-order chi connectivity index (χ1) is 16.8. The van der Waals surface area contributed by atoms with Gasteiger partial charge in [0.2, 0.25) is 5.91 Å². The van der Waals surface area contributed by atoms with Crippen LogP contribution in [0.15, 0.2) is 60.0 Å². The minimum absolute atomic E-state index is 0.0728. The Balaban J connectivity index is 1.48. The molecule has 2 aromatic carbocycles. The summed E-state index contributed by atoms with van der Waals surface area (Å²) in [6, 6.07) is 13.8. The lowest BCUT2D eigenvalue weighted by atomic mass is 10.0. The van der Waals surface area contributed by atoms with Crippen LogP contribution in [0.1, 0.15) is 30.3 Å². The van der Waals surface area contributed by atoms with Gasteiger partial charge in [0.15, 0.2) is 0 Å². The summed E-state index contributed by atoms with van der Waals surface area (Å²) in [4.78, 5) is 31.0. The van der Waals surface area contributed by atoms with E-state index in [1.54, 1.807) is 52.6 Å². The largest absolute Gasteiger partial charge is 0.491 e. The second-order valence-corrected chi connectivity index (χ2v) is 10.0. The van der Waals surface area contributed by atoms with Crippen LogP contribution in [-0.4, -0.2) is 47.5 Å². The molecule has 3 amide bonds. The maximum absolute atomic E-state index is 13.5. The summed E-state index contributed by atoms with van der Waals surface area (Å²) >= 11 is 7.69. The third-order valence-electron chi connectivity index (χ3n) is 5.90. The Labute approximate surface area is 213 Å². The number of anilines is 1. The molecule has 0 saturated carbocycles. The lowest BCUT2D eigenvalue weighted by Crippen LogP contribution is -2.50. The first-order valence-electron chi connectivity index (χ1n) is 11.4. The quantitative estimate of drug-likeness (QED) is 0.420. The number of fused-ring (bicyclic) bond motifs is 1. The molecular formula is C26H27ClFN3O3S. The van der Waals surface area contributed by atoms with Crippen molar-refractivity contribution in [3.63, 3.8) is 0 Å². The molecule has 4 rings (SSSR count). The van der Waals surface area contributed by atoms with Crippen LogP contribution in [0.5, 0.6) is 5.75 Å². The molecule has 184 valence electrons. The van der Waals surface area contributed by atoms with Gasteiger partial charge >= 0.3 is 6.03 Å². The monoisotopic (exact) mass is 515 g/mol. The molecular weight excluding hydrogens is 489 g/mol. The Bertz CT molecular complexity index is 1180. The van der Waals surface area contributed by atoms with E-state index in [9.17, 15) is 14.0 Å². The molecule has 6 nitrogen and oxygen atoms in total. The van der Waals surface area contributed by atoms with E-state index in [0.717, 1.165) is 12.0 Å². The third kappa shape index (κ3) is 6.13. The standard InChI is InChI=1S/C26H27ClFN3O3S/c1-17(2)31(26(33)29-20-5-3-4-18(27)14-20)15-25(32)30-12-10-24-22(11-13-35-24)23(30)16-34-21-8-6-19(28)7-9-21/h3-9,11,13-14,17,23H,10,12,15-16H2,1-2H3,(H,29,33). The predicted molar refractivity (Wildman–Crippen MR) is 137 cm³/mol. The highest BCUT2D eigenvalue weighted by atomic mass is 35.5. The van der Waals surface area contributed by atoms with Crippen molar-refractivity contribution >= 4 is 40.6 Å². The van der Waals surface area contributed by atoms with E-state index in [4.69, 9.17) is 16.3 Å². The Morgan fingerprint density at radius 2 is 2.00 bits per heavy atom. The minimum Gasteiger partial charge on any atom is -0.491 e. The van der Waals surface area contributed by atoms with Gasteiger partial charge in [-0.3, -0.25) is 4.79 Å². The topological polar surface area (TPSA) is 61.9 Å². The zero-order chi connectivity index (χ0) is 24.9. The molecule has 1 aliphatic rings. The van der Waals surface area contributed by atoms with Crippen LogP contribution in [0.2, 0.25) is 5.02 Å². The van der Waals surface area contributed by atoms with E-state index >= 15 is 0 Å². The molecule has 1 atom stereocenters. The molecule has 1 aliphatic heterocycles. The molecule has 3 aromatic rings. The highest BCUT2D eigenvalue weighted by molar-refractivity contribution is 7.10. The van der Waals surface area contributed by atoms with Crippen LogP contribution in [0.4, 0.5) is 14.9 Å². The minimum atomic E-state index is -0.372. The summed E-state index contributed by atoms with van der Waals surface area (Å²) in [5.74, 6) is 0.0344. The summed E-state index contributed by atoms with van der Waals surface area (Å²) < 4.78 is 19.2. The Kier molecular flexibility index (Phi) is 7.93. The normalized spacial score (nSPS) is 15.0. The van der Waals surface area contributed by atoms with Crippen LogP contribution < -0.4 is 10.1 Å². The second-order valence-electron chi connectivity index (χ2n) is 8.58. The van der Waals surface area contributed by atoms with E-state index in [1.807, 2.05) is 25.3 Å². The smallest absolute Gasteiger partial charge is 0.322 e. The lowest BCUT2D eigenvalue weighted by Gasteiger charge is -2.37. The van der Waals surface area contributed by atoms with Gasteiger partial charge in [-0.05, 0) is 79.7 Å². The van der Waals surface area contributed by atoms with Crippen molar-refractivity contribution in [3.8, 4) is 5.75 Å². The van der Waals surface area contributed by atoms with Crippen molar-refractivity contribution < 1.29 is 18.7 Å². The van der Waals surface area contributed by atoms with Crippen molar-refractivity contribution in [2.24, 2.45) is 0 Å². The highest BCUT2D eigenvalue weighted by Crippen LogP contribution is 2.34. The van der Waals surface area contributed by atoms with Gasteiger partial charge in [0.1, 0.15) is 24.7 Å².